The van der Waals surface area contributed by atoms with Gasteiger partial charge in [-0.05, 0) is 13.8 Å². The monoisotopic (exact) mass is 327 g/mol. The van der Waals surface area contributed by atoms with Gasteiger partial charge in [0.2, 0.25) is 11.8 Å². The molecule has 23 heavy (non-hydrogen) atoms. The van der Waals surface area contributed by atoms with Crippen molar-refractivity contribution in [3.63, 3.8) is 0 Å². The zero-order valence-corrected chi connectivity index (χ0v) is 14.4. The van der Waals surface area contributed by atoms with Gasteiger partial charge in [0.1, 0.15) is 0 Å². The molecule has 0 atom stereocenters. The molecule has 0 radical (unpaired) electrons. The van der Waals surface area contributed by atoms with Gasteiger partial charge in [-0.1, -0.05) is 0 Å². The van der Waals surface area contributed by atoms with E-state index in [9.17, 15) is 14.4 Å². The largest absolute Gasteiger partial charge is 0.355 e. The molecule has 1 aliphatic rings. The van der Waals surface area contributed by atoms with E-state index in [-0.39, 0.29) is 17.8 Å². The minimum Gasteiger partial charge on any atom is -0.355 e. The second kappa shape index (κ2) is 10.0. The van der Waals surface area contributed by atoms with Gasteiger partial charge in [-0.25, -0.2) is 4.79 Å². The highest BCUT2D eigenvalue weighted by Crippen LogP contribution is 2.05. The van der Waals surface area contributed by atoms with Crippen molar-refractivity contribution in [2.45, 2.75) is 20.8 Å². The lowest BCUT2D eigenvalue weighted by Gasteiger charge is -2.36. The number of hydrogen-bond acceptors (Lipinski definition) is 4. The molecule has 0 bridgehead atoms. The fraction of sp³-hybridized carbons (Fsp3) is 0.800. The number of nitrogens with zero attached hydrogens (tertiary/aromatic N) is 3. The van der Waals surface area contributed by atoms with E-state index >= 15 is 0 Å². The van der Waals surface area contributed by atoms with E-state index in [0.717, 1.165) is 0 Å². The Morgan fingerprint density at radius 1 is 0.957 bits per heavy atom. The average Bonchev–Trinajstić information content (AvgIpc) is 2.53. The van der Waals surface area contributed by atoms with Gasteiger partial charge in [0.05, 0.1) is 6.54 Å². The van der Waals surface area contributed by atoms with Crippen LogP contribution in [0.15, 0.2) is 0 Å². The van der Waals surface area contributed by atoms with Crippen LogP contribution >= 0.6 is 0 Å². The van der Waals surface area contributed by atoms with Crippen molar-refractivity contribution in [1.82, 2.24) is 25.3 Å². The summed E-state index contributed by atoms with van der Waals surface area (Å²) >= 11 is 0. The second-order valence-corrected chi connectivity index (χ2v) is 5.55. The number of carbonyl (C=O) groups is 3. The third-order valence-electron chi connectivity index (χ3n) is 3.87. The third-order valence-corrected chi connectivity index (χ3v) is 3.87. The Labute approximate surface area is 138 Å². The summed E-state index contributed by atoms with van der Waals surface area (Å²) in [6, 6.07) is 0.0782. The van der Waals surface area contributed by atoms with Gasteiger partial charge < -0.3 is 20.4 Å². The first-order chi connectivity index (χ1) is 11.0. The normalized spacial score (nSPS) is 15.2. The molecule has 8 nitrogen and oxygen atoms in total. The van der Waals surface area contributed by atoms with E-state index in [2.05, 4.69) is 10.6 Å². The third kappa shape index (κ3) is 6.85. The lowest BCUT2D eigenvalue weighted by atomic mass is 10.3. The molecule has 2 N–H and O–H groups in total. The van der Waals surface area contributed by atoms with Crippen molar-refractivity contribution in [2.75, 3.05) is 58.9 Å². The number of hydrogen-bond donors (Lipinski definition) is 2. The maximum atomic E-state index is 12.2. The van der Waals surface area contributed by atoms with E-state index in [4.69, 9.17) is 0 Å². The summed E-state index contributed by atoms with van der Waals surface area (Å²) in [6.45, 7) is 10.7. The standard InChI is InChI=1S/C15H29N5O3/c1-4-19(5-2)15(23)20-10-8-18(9-11-20)12-14(22)17-7-6-16-13(3)21/h4-12H2,1-3H3,(H,16,21)(H,17,22). The molecule has 0 aromatic rings. The number of carbonyl (C=O) groups excluding carboxylic acids is 3. The van der Waals surface area contributed by atoms with E-state index in [1.807, 2.05) is 28.5 Å². The predicted molar refractivity (Wildman–Crippen MR) is 88.0 cm³/mol. The topological polar surface area (TPSA) is 85.0 Å². The summed E-state index contributed by atoms with van der Waals surface area (Å²) in [7, 11) is 0. The zero-order chi connectivity index (χ0) is 17.2. The molecule has 4 amide bonds. The van der Waals surface area contributed by atoms with Crippen molar-refractivity contribution >= 4 is 17.8 Å². The molecule has 0 spiro atoms. The Morgan fingerprint density at radius 2 is 1.52 bits per heavy atom. The number of nitrogens with one attached hydrogen (secondary N) is 2. The number of urea groups is 1. The van der Waals surface area contributed by atoms with Crippen molar-refractivity contribution < 1.29 is 14.4 Å². The Bertz CT molecular complexity index is 404. The van der Waals surface area contributed by atoms with E-state index in [1.165, 1.54) is 6.92 Å². The first kappa shape index (κ1) is 19.2. The zero-order valence-electron chi connectivity index (χ0n) is 14.4. The van der Waals surface area contributed by atoms with Crippen LogP contribution in [0.4, 0.5) is 4.79 Å². The van der Waals surface area contributed by atoms with Crippen LogP contribution in [0.25, 0.3) is 0 Å². The van der Waals surface area contributed by atoms with Crippen LogP contribution in [0, 0.1) is 0 Å². The van der Waals surface area contributed by atoms with Crippen molar-refractivity contribution in [1.29, 1.82) is 0 Å². The highest BCUT2D eigenvalue weighted by molar-refractivity contribution is 5.78. The van der Waals surface area contributed by atoms with Gasteiger partial charge in [-0.2, -0.15) is 0 Å². The van der Waals surface area contributed by atoms with Crippen LogP contribution in [0.1, 0.15) is 20.8 Å². The summed E-state index contributed by atoms with van der Waals surface area (Å²) in [6.07, 6.45) is 0. The molecule has 132 valence electrons. The fourth-order valence-corrected chi connectivity index (χ4v) is 2.49. The lowest BCUT2D eigenvalue weighted by molar-refractivity contribution is -0.123. The van der Waals surface area contributed by atoms with E-state index < -0.39 is 0 Å². The molecule has 0 unspecified atom stereocenters. The molecule has 1 heterocycles. The first-order valence-corrected chi connectivity index (χ1v) is 8.25. The summed E-state index contributed by atoms with van der Waals surface area (Å²) in [5.41, 5.74) is 0. The molecular formula is C15H29N5O3. The molecular weight excluding hydrogens is 298 g/mol. The molecule has 1 fully saturated rings. The first-order valence-electron chi connectivity index (χ1n) is 8.25. The number of piperazine rings is 1. The summed E-state index contributed by atoms with van der Waals surface area (Å²) < 4.78 is 0. The maximum absolute atomic E-state index is 12.2. The molecule has 1 aliphatic heterocycles. The fourth-order valence-electron chi connectivity index (χ4n) is 2.49. The van der Waals surface area contributed by atoms with Crippen LogP contribution in [-0.2, 0) is 9.59 Å². The molecule has 0 aromatic carbocycles. The molecule has 8 heteroatoms. The second-order valence-electron chi connectivity index (χ2n) is 5.55. The van der Waals surface area contributed by atoms with Crippen molar-refractivity contribution in [3.8, 4) is 0 Å². The van der Waals surface area contributed by atoms with Crippen LogP contribution in [0.3, 0.4) is 0 Å². The molecule has 1 rings (SSSR count). The average molecular weight is 327 g/mol. The molecule has 0 aliphatic carbocycles. The Hall–Kier alpha value is -1.83. The van der Waals surface area contributed by atoms with Crippen molar-refractivity contribution in [3.05, 3.63) is 0 Å². The minimum absolute atomic E-state index is 0.0566. The summed E-state index contributed by atoms with van der Waals surface area (Å²) in [5, 5.41) is 5.40. The maximum Gasteiger partial charge on any atom is 0.320 e. The molecule has 0 saturated carbocycles. The SMILES string of the molecule is CCN(CC)C(=O)N1CCN(CC(=O)NCCNC(C)=O)CC1. The van der Waals surface area contributed by atoms with E-state index in [1.54, 1.807) is 0 Å². The highest BCUT2D eigenvalue weighted by atomic mass is 16.2. The minimum atomic E-state index is -0.103. The van der Waals surface area contributed by atoms with Gasteiger partial charge in [-0.3, -0.25) is 14.5 Å². The van der Waals surface area contributed by atoms with E-state index in [0.29, 0.717) is 58.9 Å². The summed E-state index contributed by atoms with van der Waals surface area (Å²) in [4.78, 5) is 40.5. The van der Waals surface area contributed by atoms with Crippen molar-refractivity contribution in [2.24, 2.45) is 0 Å². The Kier molecular flexibility index (Phi) is 8.39. The number of rotatable bonds is 7. The van der Waals surface area contributed by atoms with Crippen LogP contribution < -0.4 is 10.6 Å². The van der Waals surface area contributed by atoms with Gasteiger partial charge in [-0.15, -0.1) is 0 Å². The van der Waals surface area contributed by atoms with Gasteiger partial charge in [0.25, 0.3) is 0 Å². The van der Waals surface area contributed by atoms with Crippen LogP contribution in [0.2, 0.25) is 0 Å². The number of amides is 4. The van der Waals surface area contributed by atoms with Gasteiger partial charge in [0.15, 0.2) is 0 Å². The van der Waals surface area contributed by atoms with Crippen LogP contribution in [-0.4, -0.2) is 91.4 Å². The predicted octanol–water partition coefficient (Wildman–Crippen LogP) is -0.682. The molecule has 0 aromatic heterocycles. The highest BCUT2D eigenvalue weighted by Gasteiger charge is 2.24. The van der Waals surface area contributed by atoms with Gasteiger partial charge in [0, 0.05) is 59.3 Å². The van der Waals surface area contributed by atoms with Crippen LogP contribution in [0.5, 0.6) is 0 Å². The van der Waals surface area contributed by atoms with Gasteiger partial charge >= 0.3 is 6.03 Å². The summed E-state index contributed by atoms with van der Waals surface area (Å²) in [5.74, 6) is -0.160. The quantitative estimate of drug-likeness (QED) is 0.607. The lowest BCUT2D eigenvalue weighted by Crippen LogP contribution is -2.54. The Balaban J connectivity index is 2.24. The Morgan fingerprint density at radius 3 is 2.04 bits per heavy atom. The smallest absolute Gasteiger partial charge is 0.320 e. The molecule has 1 saturated heterocycles.